The Morgan fingerprint density at radius 3 is 2.22 bits per heavy atom. The smallest absolute Gasteiger partial charge is 0.339 e. The number of carbonyl (C=O) groups excluding carboxylic acids is 1. The van der Waals surface area contributed by atoms with E-state index < -0.39 is 26.7 Å². The first-order valence-electron chi connectivity index (χ1n) is 7.29. The van der Waals surface area contributed by atoms with Crippen molar-refractivity contribution in [3.63, 3.8) is 0 Å². The van der Waals surface area contributed by atoms with Gasteiger partial charge in [0, 0.05) is 24.7 Å². The average molecular weight is 439 g/mol. The predicted octanol–water partition coefficient (Wildman–Crippen LogP) is 4.93. The van der Waals surface area contributed by atoms with E-state index in [9.17, 15) is 26.4 Å². The molecule has 5 nitrogen and oxygen atoms in total. The zero-order valence-electron chi connectivity index (χ0n) is 14.0. The van der Waals surface area contributed by atoms with E-state index in [1.165, 1.54) is 29.2 Å². The molecule has 0 atom stereocenters. The Morgan fingerprint density at radius 1 is 1.11 bits per heavy atom. The molecule has 1 N–H and O–H groups in total. The summed E-state index contributed by atoms with van der Waals surface area (Å²) in [6, 6.07) is 7.87. The Hall–Kier alpha value is -1.91. The Kier molecular flexibility index (Phi) is 6.33. The number of thioether (sulfide) groups is 1. The van der Waals surface area contributed by atoms with Gasteiger partial charge in [0.25, 0.3) is 15.3 Å². The van der Waals surface area contributed by atoms with Crippen molar-refractivity contribution in [2.24, 2.45) is 0 Å². The van der Waals surface area contributed by atoms with Gasteiger partial charge in [-0.2, -0.15) is 13.2 Å². The number of anilines is 1. The molecule has 27 heavy (non-hydrogen) atoms. The molecule has 2 aromatic carbocycles. The van der Waals surface area contributed by atoms with Crippen LogP contribution >= 0.6 is 23.4 Å². The molecule has 0 heterocycles. The number of nitrogens with zero attached hydrogens (tertiary/aromatic N) is 1. The first-order chi connectivity index (χ1) is 12.4. The van der Waals surface area contributed by atoms with Crippen molar-refractivity contribution in [3.8, 4) is 0 Å². The van der Waals surface area contributed by atoms with E-state index in [1.54, 1.807) is 14.1 Å². The second-order valence-corrected chi connectivity index (χ2v) is 8.62. The van der Waals surface area contributed by atoms with Gasteiger partial charge in [0.1, 0.15) is 4.90 Å². The lowest BCUT2D eigenvalue weighted by atomic mass is 10.2. The molecular weight excluding hydrogens is 425 g/mol. The number of sulfonamides is 1. The minimum absolute atomic E-state index is 0.116. The predicted molar refractivity (Wildman–Crippen MR) is 98.6 cm³/mol. The van der Waals surface area contributed by atoms with E-state index in [2.05, 4.69) is 4.72 Å². The minimum atomic E-state index is -4.70. The normalized spacial score (nSPS) is 11.9. The van der Waals surface area contributed by atoms with Crippen LogP contribution in [0.4, 0.5) is 23.7 Å². The molecule has 11 heteroatoms. The number of hydrogen-bond donors (Lipinski definition) is 1. The molecule has 0 aliphatic rings. The summed E-state index contributed by atoms with van der Waals surface area (Å²) in [5.41, 5.74) is -1.01. The van der Waals surface area contributed by atoms with Gasteiger partial charge in [-0.25, -0.2) is 8.42 Å². The molecular formula is C16H14ClF3N2O3S2. The fourth-order valence-corrected chi connectivity index (χ4v) is 4.12. The van der Waals surface area contributed by atoms with Gasteiger partial charge in [-0.1, -0.05) is 11.6 Å². The summed E-state index contributed by atoms with van der Waals surface area (Å²) in [4.78, 5) is 12.9. The van der Waals surface area contributed by atoms with Gasteiger partial charge in [0.05, 0.1) is 10.6 Å². The van der Waals surface area contributed by atoms with E-state index in [1.807, 2.05) is 0 Å². The molecule has 0 bridgehead atoms. The quantitative estimate of drug-likeness (QED) is 0.687. The van der Waals surface area contributed by atoms with Crippen LogP contribution < -0.4 is 4.72 Å². The summed E-state index contributed by atoms with van der Waals surface area (Å²) in [5, 5.41) is -0.543. The van der Waals surface area contributed by atoms with Gasteiger partial charge in [-0.15, -0.1) is 0 Å². The van der Waals surface area contributed by atoms with Crippen LogP contribution in [0.3, 0.4) is 0 Å². The summed E-state index contributed by atoms with van der Waals surface area (Å²) in [7, 11) is -1.15. The molecule has 2 aromatic rings. The lowest BCUT2D eigenvalue weighted by Gasteiger charge is -2.13. The number of hydrogen-bond acceptors (Lipinski definition) is 4. The standard InChI is InChI=1S/C16H14ClF3N2O3S2/c1-22(2)15(23)26-12-6-4-11(5-7-12)21-27(24,25)14-9-10(16(18,19)20)3-8-13(14)17/h3-9,21H,1-2H3. The molecule has 0 aromatic heterocycles. The van der Waals surface area contributed by atoms with E-state index >= 15 is 0 Å². The van der Waals surface area contributed by atoms with Crippen LogP contribution in [-0.2, 0) is 16.2 Å². The van der Waals surface area contributed by atoms with Crippen LogP contribution in [0.5, 0.6) is 0 Å². The third-order valence-electron chi connectivity index (χ3n) is 3.22. The molecule has 0 fully saturated rings. The number of carbonyl (C=O) groups is 1. The number of alkyl halides is 3. The van der Waals surface area contributed by atoms with E-state index in [0.717, 1.165) is 17.8 Å². The van der Waals surface area contributed by atoms with Crippen LogP contribution in [-0.4, -0.2) is 32.7 Å². The van der Waals surface area contributed by atoms with Crippen molar-refractivity contribution < 1.29 is 26.4 Å². The summed E-state index contributed by atoms with van der Waals surface area (Å²) < 4.78 is 65.5. The molecule has 0 saturated heterocycles. The van der Waals surface area contributed by atoms with E-state index in [4.69, 9.17) is 11.6 Å². The molecule has 0 saturated carbocycles. The summed E-state index contributed by atoms with van der Waals surface area (Å²) in [6.45, 7) is 0. The van der Waals surface area contributed by atoms with Crippen molar-refractivity contribution in [1.29, 1.82) is 0 Å². The number of amides is 1. The molecule has 0 aliphatic carbocycles. The average Bonchev–Trinajstić information content (AvgIpc) is 2.55. The fraction of sp³-hybridized carbons (Fsp3) is 0.188. The largest absolute Gasteiger partial charge is 0.416 e. The molecule has 0 radical (unpaired) electrons. The number of halogens is 4. The van der Waals surface area contributed by atoms with Crippen molar-refractivity contribution in [1.82, 2.24) is 4.90 Å². The lowest BCUT2D eigenvalue weighted by molar-refractivity contribution is -0.137. The van der Waals surface area contributed by atoms with Crippen LogP contribution in [0.1, 0.15) is 5.56 Å². The van der Waals surface area contributed by atoms with E-state index in [-0.39, 0.29) is 15.9 Å². The Balaban J connectivity index is 2.25. The monoisotopic (exact) mass is 438 g/mol. The van der Waals surface area contributed by atoms with Gasteiger partial charge in [0.2, 0.25) is 0 Å². The topological polar surface area (TPSA) is 66.5 Å². The van der Waals surface area contributed by atoms with Crippen molar-refractivity contribution in [2.45, 2.75) is 16.0 Å². The number of nitrogens with one attached hydrogen (secondary N) is 1. The maximum atomic E-state index is 12.8. The maximum absolute atomic E-state index is 12.8. The van der Waals surface area contributed by atoms with Crippen LogP contribution in [0, 0.1) is 0 Å². The van der Waals surface area contributed by atoms with Crippen LogP contribution in [0.2, 0.25) is 5.02 Å². The summed E-state index contributed by atoms with van der Waals surface area (Å²) in [5.74, 6) is 0. The Bertz CT molecular complexity index is 946. The highest BCUT2D eigenvalue weighted by molar-refractivity contribution is 8.13. The molecule has 1 amide bonds. The first kappa shape index (κ1) is 21.4. The molecule has 0 aliphatic heterocycles. The highest BCUT2D eigenvalue weighted by atomic mass is 35.5. The Labute approximate surface area is 163 Å². The number of rotatable bonds is 4. The SMILES string of the molecule is CN(C)C(=O)Sc1ccc(NS(=O)(=O)c2cc(C(F)(F)F)ccc2Cl)cc1. The highest BCUT2D eigenvalue weighted by Crippen LogP contribution is 2.34. The first-order valence-corrected chi connectivity index (χ1v) is 9.96. The number of benzene rings is 2. The molecule has 0 spiro atoms. The zero-order valence-corrected chi connectivity index (χ0v) is 16.4. The van der Waals surface area contributed by atoms with Gasteiger partial charge in [-0.3, -0.25) is 9.52 Å². The van der Waals surface area contributed by atoms with Crippen LogP contribution in [0.15, 0.2) is 52.3 Å². The Morgan fingerprint density at radius 2 is 1.70 bits per heavy atom. The van der Waals surface area contributed by atoms with Gasteiger partial charge in [0.15, 0.2) is 0 Å². The van der Waals surface area contributed by atoms with Crippen molar-refractivity contribution >= 4 is 44.3 Å². The van der Waals surface area contributed by atoms with Gasteiger partial charge < -0.3 is 4.90 Å². The molecule has 0 unspecified atom stereocenters. The zero-order chi connectivity index (χ0) is 20.4. The minimum Gasteiger partial charge on any atom is -0.339 e. The highest BCUT2D eigenvalue weighted by Gasteiger charge is 2.32. The second kappa shape index (κ2) is 7.99. The maximum Gasteiger partial charge on any atom is 0.416 e. The van der Waals surface area contributed by atoms with E-state index in [0.29, 0.717) is 17.0 Å². The van der Waals surface area contributed by atoms with Gasteiger partial charge in [-0.05, 0) is 54.2 Å². The molecule has 146 valence electrons. The molecule has 2 rings (SSSR count). The van der Waals surface area contributed by atoms with Crippen molar-refractivity contribution in [3.05, 3.63) is 53.1 Å². The third-order valence-corrected chi connectivity index (χ3v) is 6.14. The third kappa shape index (κ3) is 5.53. The summed E-state index contributed by atoms with van der Waals surface area (Å²) in [6.07, 6.45) is -4.70. The van der Waals surface area contributed by atoms with Gasteiger partial charge >= 0.3 is 6.18 Å². The second-order valence-electron chi connectivity index (χ2n) is 5.54. The van der Waals surface area contributed by atoms with Crippen molar-refractivity contribution in [2.75, 3.05) is 18.8 Å². The summed E-state index contributed by atoms with van der Waals surface area (Å²) >= 11 is 6.72. The van der Waals surface area contributed by atoms with Crippen LogP contribution in [0.25, 0.3) is 0 Å². The fourth-order valence-electron chi connectivity index (χ4n) is 1.88. The lowest BCUT2D eigenvalue weighted by Crippen LogP contribution is -2.16.